The Bertz CT molecular complexity index is 940. The van der Waals surface area contributed by atoms with Crippen molar-refractivity contribution >= 4 is 29.8 Å². The fourth-order valence-electron chi connectivity index (χ4n) is 4.07. The molecular formula is C30H59N7O6. The number of nitrogens with zero attached hydrogens (tertiary/aromatic N) is 1. The summed E-state index contributed by atoms with van der Waals surface area (Å²) in [6, 6.07) is -0.620. The Morgan fingerprint density at radius 3 is 1.93 bits per heavy atom. The second kappa shape index (κ2) is 17.9. The average Bonchev–Trinajstić information content (AvgIpc) is 2.82. The van der Waals surface area contributed by atoms with Gasteiger partial charge < -0.3 is 42.2 Å². The fraction of sp³-hybridized carbons (Fsp3) is 0.833. The first-order chi connectivity index (χ1) is 19.6. The number of nitrogens with two attached hydrogens (primary N) is 2. The van der Waals surface area contributed by atoms with Crippen LogP contribution in [0.3, 0.4) is 0 Å². The third-order valence-electron chi connectivity index (χ3n) is 6.47. The third kappa shape index (κ3) is 17.0. The van der Waals surface area contributed by atoms with E-state index in [9.17, 15) is 19.2 Å². The molecule has 43 heavy (non-hydrogen) atoms. The summed E-state index contributed by atoms with van der Waals surface area (Å²) in [5.41, 5.74) is 7.90. The fourth-order valence-corrected chi connectivity index (χ4v) is 4.07. The highest BCUT2D eigenvalue weighted by Crippen LogP contribution is 2.18. The van der Waals surface area contributed by atoms with Crippen LogP contribution in [0.15, 0.2) is 4.99 Å². The predicted molar refractivity (Wildman–Crippen MR) is 170 cm³/mol. The van der Waals surface area contributed by atoms with E-state index in [2.05, 4.69) is 26.3 Å². The van der Waals surface area contributed by atoms with Crippen LogP contribution in [0.4, 0.5) is 9.59 Å². The maximum absolute atomic E-state index is 13.2. The van der Waals surface area contributed by atoms with E-state index in [0.717, 1.165) is 6.42 Å². The lowest BCUT2D eigenvalue weighted by atomic mass is 9.88. The number of hydrogen-bond donors (Lipinski definition) is 6. The van der Waals surface area contributed by atoms with Gasteiger partial charge in [0.15, 0.2) is 0 Å². The van der Waals surface area contributed by atoms with Crippen molar-refractivity contribution in [3.05, 3.63) is 0 Å². The molecule has 0 saturated heterocycles. The first kappa shape index (κ1) is 39.9. The van der Waals surface area contributed by atoms with Gasteiger partial charge in [0, 0.05) is 25.7 Å². The molecule has 0 saturated carbocycles. The second-order valence-corrected chi connectivity index (χ2v) is 13.4. The Balaban J connectivity index is 5.08. The first-order valence-electron chi connectivity index (χ1n) is 15.3. The van der Waals surface area contributed by atoms with Gasteiger partial charge in [-0.3, -0.25) is 14.6 Å². The summed E-state index contributed by atoms with van der Waals surface area (Å²) in [6.07, 6.45) is 2.73. The van der Waals surface area contributed by atoms with E-state index in [1.165, 1.54) is 0 Å². The van der Waals surface area contributed by atoms with E-state index >= 15 is 0 Å². The van der Waals surface area contributed by atoms with E-state index in [4.69, 9.17) is 20.9 Å². The van der Waals surface area contributed by atoms with E-state index in [-0.39, 0.29) is 5.91 Å². The minimum atomic E-state index is -1.37. The van der Waals surface area contributed by atoms with Gasteiger partial charge in [-0.1, -0.05) is 13.3 Å². The molecule has 0 aliphatic heterocycles. The molecule has 8 N–H and O–H groups in total. The van der Waals surface area contributed by atoms with E-state index < -0.39 is 46.4 Å². The maximum Gasteiger partial charge on any atom is 0.408 e. The lowest BCUT2D eigenvalue weighted by Crippen LogP contribution is -2.66. The number of rotatable bonds is 17. The minimum absolute atomic E-state index is 0.313. The molecule has 0 aromatic rings. The Kier molecular flexibility index (Phi) is 16.6. The molecule has 0 aromatic carbocycles. The number of carbonyl (C=O) groups excluding carboxylic acids is 4. The van der Waals surface area contributed by atoms with Gasteiger partial charge in [0.05, 0.1) is 5.84 Å². The molecule has 0 spiro atoms. The van der Waals surface area contributed by atoms with Gasteiger partial charge in [0.25, 0.3) is 0 Å². The Morgan fingerprint density at radius 2 is 1.42 bits per heavy atom. The molecule has 3 atom stereocenters. The van der Waals surface area contributed by atoms with Crippen molar-refractivity contribution in [1.82, 2.24) is 21.3 Å². The number of ether oxygens (including phenoxy) is 2. The molecule has 0 heterocycles. The number of aliphatic imine (C=N–C) groups is 1. The average molecular weight is 616 g/mol. The quantitative estimate of drug-likeness (QED) is 0.0813. The van der Waals surface area contributed by atoms with Crippen LogP contribution in [0, 0.1) is 0 Å². The summed E-state index contributed by atoms with van der Waals surface area (Å²) in [5.74, 6) is -0.247. The number of nitrogens with one attached hydrogen (secondary N) is 4. The Labute approximate surface area is 258 Å². The molecule has 13 nitrogen and oxygen atoms in total. The van der Waals surface area contributed by atoms with Gasteiger partial charge in [0.1, 0.15) is 22.3 Å². The van der Waals surface area contributed by atoms with Crippen LogP contribution >= 0.6 is 0 Å². The molecule has 0 aliphatic rings. The van der Waals surface area contributed by atoms with E-state index in [1.807, 2.05) is 6.92 Å². The zero-order valence-corrected chi connectivity index (χ0v) is 28.2. The molecule has 0 radical (unpaired) electrons. The third-order valence-corrected chi connectivity index (χ3v) is 6.47. The Hall–Kier alpha value is -3.09. The highest BCUT2D eigenvalue weighted by atomic mass is 16.6. The van der Waals surface area contributed by atoms with Crippen LogP contribution in [0.1, 0.15) is 114 Å². The van der Waals surface area contributed by atoms with Gasteiger partial charge >= 0.3 is 12.2 Å². The molecule has 13 heteroatoms. The van der Waals surface area contributed by atoms with Crippen molar-refractivity contribution in [3.63, 3.8) is 0 Å². The van der Waals surface area contributed by atoms with E-state index in [0.29, 0.717) is 64.0 Å². The van der Waals surface area contributed by atoms with Gasteiger partial charge in [-0.2, -0.15) is 0 Å². The van der Waals surface area contributed by atoms with Crippen LogP contribution in [0.25, 0.3) is 0 Å². The van der Waals surface area contributed by atoms with Gasteiger partial charge in [-0.25, -0.2) is 9.59 Å². The lowest BCUT2D eigenvalue weighted by molar-refractivity contribution is -0.128. The summed E-state index contributed by atoms with van der Waals surface area (Å²) in [5, 5.41) is 11.1. The topological polar surface area (TPSA) is 199 Å². The second-order valence-electron chi connectivity index (χ2n) is 13.4. The van der Waals surface area contributed by atoms with Crippen molar-refractivity contribution in [2.45, 2.75) is 143 Å². The summed E-state index contributed by atoms with van der Waals surface area (Å²) in [6.45, 7) is 18.6. The molecule has 4 amide bonds. The smallest absolute Gasteiger partial charge is 0.408 e. The largest absolute Gasteiger partial charge is 0.444 e. The van der Waals surface area contributed by atoms with Crippen molar-refractivity contribution in [1.29, 1.82) is 0 Å². The SMILES string of the molecule is CCCC(N)C(C)(NC(=O)OC(C)(C)C)C(=O)NCCCC[16NH]C(=O)C(C)(CCCCN=C(C)N)NC(=O)OC(C)(C)C. The molecule has 3 unspecified atom stereocenters. The summed E-state index contributed by atoms with van der Waals surface area (Å²) < 4.78 is 10.7. The van der Waals surface area contributed by atoms with Crippen LogP contribution in [-0.4, -0.2) is 77.8 Å². The molecule has 0 bridgehead atoms. The van der Waals surface area contributed by atoms with Gasteiger partial charge in [-0.05, 0) is 101 Å². The number of amidine groups is 1. The van der Waals surface area contributed by atoms with Crippen LogP contribution in [0.5, 0.6) is 0 Å². The predicted octanol–water partition coefficient (Wildman–Crippen LogP) is 3.24. The molecule has 0 aromatic heterocycles. The normalized spacial score (nSPS) is 15.7. The maximum atomic E-state index is 13.2. The number of amides is 4. The first-order valence-corrected chi connectivity index (χ1v) is 15.3. The molecule has 0 fully saturated rings. The molecule has 0 aliphatic carbocycles. The van der Waals surface area contributed by atoms with Crippen molar-refractivity contribution in [3.8, 4) is 0 Å². The van der Waals surface area contributed by atoms with Crippen LogP contribution in [-0.2, 0) is 19.1 Å². The monoisotopic (exact) mass is 615 g/mol. The molecule has 0 rings (SSSR count). The molecule has 250 valence electrons. The van der Waals surface area contributed by atoms with Crippen molar-refractivity contribution in [2.75, 3.05) is 19.6 Å². The standard InChI is InChI=1S/C30H59N7O6/c1-11-16-22(32)30(10,37-26(41)43-28(6,7)8)24(39)35-20-15-14-19-34-23(38)29(9,17-12-13-18-33-21(2)31)36-25(40)42-27(3,4)5/h22H,11-20,32H2,1-10H3,(H2,31,33)(H,34,38)(H,35,39)(H,36,40)(H,37,41)/i34+2. The van der Waals surface area contributed by atoms with Gasteiger partial charge in [-0.15, -0.1) is 0 Å². The Morgan fingerprint density at radius 1 is 0.860 bits per heavy atom. The van der Waals surface area contributed by atoms with Gasteiger partial charge in [0.2, 0.25) is 11.8 Å². The van der Waals surface area contributed by atoms with Crippen LogP contribution in [0.2, 0.25) is 0 Å². The number of hydrogen-bond acceptors (Lipinski definition) is 8. The highest BCUT2D eigenvalue weighted by Gasteiger charge is 2.41. The molecular weight excluding hydrogens is 556 g/mol. The summed E-state index contributed by atoms with van der Waals surface area (Å²) >= 11 is 0. The van der Waals surface area contributed by atoms with Crippen molar-refractivity contribution < 1.29 is 28.7 Å². The number of alkyl carbamates (subject to hydrolysis) is 2. The minimum Gasteiger partial charge on any atom is -0.444 e. The lowest BCUT2D eigenvalue weighted by Gasteiger charge is -2.35. The number of carbonyl (C=O) groups is 4. The number of unbranched alkanes of at least 4 members (excludes halogenated alkanes) is 2. The van der Waals surface area contributed by atoms with Crippen molar-refractivity contribution in [2.24, 2.45) is 16.5 Å². The zero-order valence-electron chi connectivity index (χ0n) is 28.2. The zero-order chi connectivity index (χ0) is 33.5. The summed E-state index contributed by atoms with van der Waals surface area (Å²) in [4.78, 5) is 55.5. The summed E-state index contributed by atoms with van der Waals surface area (Å²) in [7, 11) is 0. The van der Waals surface area contributed by atoms with E-state index in [1.54, 1.807) is 62.3 Å². The van der Waals surface area contributed by atoms with Crippen LogP contribution < -0.4 is 32.7 Å². The highest BCUT2D eigenvalue weighted by molar-refractivity contribution is 5.91.